The molecule has 3 heterocycles. The van der Waals surface area contributed by atoms with Crippen molar-refractivity contribution in [3.8, 4) is 0 Å². The lowest BCUT2D eigenvalue weighted by Gasteiger charge is -2.30. The molecular weight excluding hydrogens is 477 g/mol. The van der Waals surface area contributed by atoms with Crippen LogP contribution < -0.4 is 15.5 Å². The van der Waals surface area contributed by atoms with Crippen molar-refractivity contribution < 1.29 is 31.6 Å². The van der Waals surface area contributed by atoms with Gasteiger partial charge in [-0.1, -0.05) is 12.1 Å². The first-order valence-corrected chi connectivity index (χ1v) is 11.3. The second-order valence-electron chi connectivity index (χ2n) is 8.40. The summed E-state index contributed by atoms with van der Waals surface area (Å²) < 4.78 is 52.0. The summed E-state index contributed by atoms with van der Waals surface area (Å²) in [5.74, 6) is -1.68. The van der Waals surface area contributed by atoms with Crippen molar-refractivity contribution >= 4 is 40.3 Å². The van der Waals surface area contributed by atoms with Crippen LogP contribution in [-0.4, -0.2) is 29.9 Å². The van der Waals surface area contributed by atoms with Crippen LogP contribution in [0.4, 0.5) is 30.6 Å². The summed E-state index contributed by atoms with van der Waals surface area (Å²) in [6.45, 7) is 0.962. The molecule has 5 rings (SSSR count). The van der Waals surface area contributed by atoms with Gasteiger partial charge in [0.2, 0.25) is 5.91 Å². The largest absolute Gasteiger partial charge is 0.459 e. The fourth-order valence-corrected chi connectivity index (χ4v) is 4.13. The molecule has 1 saturated heterocycles. The predicted molar refractivity (Wildman–Crippen MR) is 126 cm³/mol. The number of carbonyl (C=O) groups is 2. The van der Waals surface area contributed by atoms with Gasteiger partial charge in [-0.15, -0.1) is 0 Å². The number of amides is 2. The van der Waals surface area contributed by atoms with E-state index in [0.717, 1.165) is 17.6 Å². The van der Waals surface area contributed by atoms with E-state index in [1.54, 1.807) is 0 Å². The van der Waals surface area contributed by atoms with Gasteiger partial charge in [0, 0.05) is 24.7 Å². The molecule has 1 fully saturated rings. The highest BCUT2D eigenvalue weighted by Crippen LogP contribution is 2.37. The Balaban J connectivity index is 1.25. The van der Waals surface area contributed by atoms with E-state index in [1.807, 2.05) is 29.2 Å². The number of hydrogen-bond acceptors (Lipinski definition) is 6. The molecule has 0 aliphatic carbocycles. The second-order valence-corrected chi connectivity index (χ2v) is 8.40. The summed E-state index contributed by atoms with van der Waals surface area (Å²) in [6.07, 6.45) is -2.59. The monoisotopic (exact) mass is 498 g/mol. The lowest BCUT2D eigenvalue weighted by Crippen LogP contribution is -2.38. The van der Waals surface area contributed by atoms with Gasteiger partial charge >= 0.3 is 6.18 Å². The standard InChI is InChI=1S/C25H21F3N4O4/c26-25(27,28)17-14-16(29-23(34)21-6-3-13-35-21)7-8-18(17)30-22(33)15-9-11-32(12-10-15)24-31-19-4-1-2-5-20(19)36-24/h1-8,13-15H,9-12H2,(H,29,34)(H,30,33). The van der Waals surface area contributed by atoms with Crippen LogP contribution >= 0.6 is 0 Å². The molecular formula is C25H21F3N4O4. The Morgan fingerprint density at radius 2 is 1.78 bits per heavy atom. The lowest BCUT2D eigenvalue weighted by atomic mass is 9.96. The third-order valence-electron chi connectivity index (χ3n) is 6.00. The number of benzene rings is 2. The van der Waals surface area contributed by atoms with Gasteiger partial charge in [-0.2, -0.15) is 18.2 Å². The molecule has 0 atom stereocenters. The van der Waals surface area contributed by atoms with Gasteiger partial charge in [-0.25, -0.2) is 0 Å². The fourth-order valence-electron chi connectivity index (χ4n) is 4.13. The minimum atomic E-state index is -4.75. The number of nitrogens with zero attached hydrogens (tertiary/aromatic N) is 2. The molecule has 0 spiro atoms. The van der Waals surface area contributed by atoms with Crippen LogP contribution in [0.1, 0.15) is 29.0 Å². The molecule has 36 heavy (non-hydrogen) atoms. The van der Waals surface area contributed by atoms with Gasteiger partial charge in [-0.05, 0) is 55.3 Å². The highest BCUT2D eigenvalue weighted by atomic mass is 19.4. The number of rotatable bonds is 5. The van der Waals surface area contributed by atoms with E-state index in [4.69, 9.17) is 8.83 Å². The molecule has 2 N–H and O–H groups in total. The van der Waals surface area contributed by atoms with E-state index in [1.165, 1.54) is 24.5 Å². The van der Waals surface area contributed by atoms with Crippen LogP contribution in [0.5, 0.6) is 0 Å². The molecule has 0 radical (unpaired) electrons. The van der Waals surface area contributed by atoms with E-state index < -0.39 is 29.5 Å². The van der Waals surface area contributed by atoms with Crippen molar-refractivity contribution in [1.29, 1.82) is 0 Å². The normalized spacial score (nSPS) is 14.7. The van der Waals surface area contributed by atoms with Gasteiger partial charge < -0.3 is 24.4 Å². The highest BCUT2D eigenvalue weighted by Gasteiger charge is 2.35. The Morgan fingerprint density at radius 1 is 1.00 bits per heavy atom. The summed E-state index contributed by atoms with van der Waals surface area (Å²) in [6, 6.07) is 13.9. The van der Waals surface area contributed by atoms with Crippen LogP contribution in [0, 0.1) is 5.92 Å². The molecule has 2 aromatic heterocycles. The zero-order chi connectivity index (χ0) is 25.3. The Labute approximate surface area is 203 Å². The number of para-hydroxylation sites is 2. The van der Waals surface area contributed by atoms with Crippen molar-refractivity contribution in [3.05, 3.63) is 72.2 Å². The zero-order valence-corrected chi connectivity index (χ0v) is 18.8. The molecule has 186 valence electrons. The number of hydrogen-bond donors (Lipinski definition) is 2. The molecule has 2 aromatic carbocycles. The highest BCUT2D eigenvalue weighted by molar-refractivity contribution is 6.02. The van der Waals surface area contributed by atoms with Crippen molar-refractivity contribution in [3.63, 3.8) is 0 Å². The summed E-state index contributed by atoms with van der Waals surface area (Å²) in [4.78, 5) is 31.3. The average Bonchev–Trinajstić information content (AvgIpc) is 3.55. The van der Waals surface area contributed by atoms with Crippen LogP contribution in [-0.2, 0) is 11.0 Å². The quantitative estimate of drug-likeness (QED) is 0.374. The molecule has 2 amide bonds. The number of alkyl halides is 3. The van der Waals surface area contributed by atoms with E-state index in [0.29, 0.717) is 37.5 Å². The van der Waals surface area contributed by atoms with Crippen molar-refractivity contribution in [2.24, 2.45) is 5.92 Å². The molecule has 4 aromatic rings. The van der Waals surface area contributed by atoms with Gasteiger partial charge in [0.15, 0.2) is 11.3 Å². The first kappa shape index (κ1) is 23.5. The first-order chi connectivity index (χ1) is 17.3. The molecule has 0 unspecified atom stereocenters. The maximum Gasteiger partial charge on any atom is 0.418 e. The van der Waals surface area contributed by atoms with Crippen molar-refractivity contribution in [2.75, 3.05) is 28.6 Å². The maximum absolute atomic E-state index is 13.8. The molecule has 0 saturated carbocycles. The maximum atomic E-state index is 13.8. The summed E-state index contributed by atoms with van der Waals surface area (Å²) >= 11 is 0. The van der Waals surface area contributed by atoms with Gasteiger partial charge in [0.1, 0.15) is 5.52 Å². The van der Waals surface area contributed by atoms with Crippen molar-refractivity contribution in [1.82, 2.24) is 4.98 Å². The first-order valence-electron chi connectivity index (χ1n) is 11.3. The number of furan rings is 1. The van der Waals surface area contributed by atoms with Crippen LogP contribution in [0.3, 0.4) is 0 Å². The van der Waals surface area contributed by atoms with E-state index in [2.05, 4.69) is 15.6 Å². The number of piperidine rings is 1. The topological polar surface area (TPSA) is 101 Å². The number of oxazole rings is 1. The molecule has 1 aliphatic rings. The third-order valence-corrected chi connectivity index (χ3v) is 6.00. The van der Waals surface area contributed by atoms with Crippen LogP contribution in [0.25, 0.3) is 11.1 Å². The fraction of sp³-hybridized carbons (Fsp3) is 0.240. The van der Waals surface area contributed by atoms with E-state index >= 15 is 0 Å². The summed E-state index contributed by atoms with van der Waals surface area (Å²) in [5, 5.41) is 4.79. The second kappa shape index (κ2) is 9.40. The molecule has 1 aliphatic heterocycles. The Kier molecular flexibility index (Phi) is 6.13. The Morgan fingerprint density at radius 3 is 2.47 bits per heavy atom. The number of anilines is 3. The number of nitrogens with one attached hydrogen (secondary N) is 2. The molecule has 8 nitrogen and oxygen atoms in total. The lowest BCUT2D eigenvalue weighted by molar-refractivity contribution is -0.137. The van der Waals surface area contributed by atoms with Crippen LogP contribution in [0.15, 0.2) is 69.7 Å². The SMILES string of the molecule is O=C(Nc1ccc(NC(=O)C2CCN(c3nc4ccccc4o3)CC2)c(C(F)(F)F)c1)c1ccco1. The Bertz CT molecular complexity index is 1360. The summed E-state index contributed by atoms with van der Waals surface area (Å²) in [5.41, 5.74) is -0.109. The average molecular weight is 498 g/mol. The van der Waals surface area contributed by atoms with Gasteiger partial charge in [-0.3, -0.25) is 9.59 Å². The van der Waals surface area contributed by atoms with E-state index in [-0.39, 0.29) is 17.1 Å². The number of carbonyl (C=O) groups excluding carboxylic acids is 2. The number of fused-ring (bicyclic) bond motifs is 1. The minimum absolute atomic E-state index is 0.0369. The van der Waals surface area contributed by atoms with Gasteiger partial charge in [0.05, 0.1) is 17.5 Å². The predicted octanol–water partition coefficient (Wildman–Crippen LogP) is 5.55. The Hall–Kier alpha value is -4.28. The van der Waals surface area contributed by atoms with E-state index in [9.17, 15) is 22.8 Å². The third kappa shape index (κ3) is 4.90. The number of halogens is 3. The zero-order valence-electron chi connectivity index (χ0n) is 18.8. The number of aromatic nitrogens is 1. The minimum Gasteiger partial charge on any atom is -0.459 e. The van der Waals surface area contributed by atoms with Crippen molar-refractivity contribution in [2.45, 2.75) is 19.0 Å². The molecule has 11 heteroatoms. The van der Waals surface area contributed by atoms with Gasteiger partial charge in [0.25, 0.3) is 11.9 Å². The molecule has 0 bridgehead atoms. The van der Waals surface area contributed by atoms with Crippen LogP contribution in [0.2, 0.25) is 0 Å². The smallest absolute Gasteiger partial charge is 0.418 e. The summed E-state index contributed by atoms with van der Waals surface area (Å²) in [7, 11) is 0.